The van der Waals surface area contributed by atoms with E-state index in [1.807, 2.05) is 19.4 Å². The second-order valence-electron chi connectivity index (χ2n) is 5.64. The third kappa shape index (κ3) is 2.56. The molecule has 1 aliphatic heterocycles. The van der Waals surface area contributed by atoms with Crippen LogP contribution in [0.3, 0.4) is 0 Å². The molecule has 0 spiro atoms. The highest BCUT2D eigenvalue weighted by atomic mass is 16.3. The summed E-state index contributed by atoms with van der Waals surface area (Å²) in [4.78, 5) is 2.27. The Morgan fingerprint density at radius 1 is 1.35 bits per heavy atom. The third-order valence-electron chi connectivity index (χ3n) is 4.08. The molecule has 1 aromatic heterocycles. The number of hydrogen-bond donors (Lipinski definition) is 1. The van der Waals surface area contributed by atoms with Crippen LogP contribution in [0.1, 0.15) is 29.2 Å². The van der Waals surface area contributed by atoms with E-state index in [1.165, 1.54) is 16.8 Å². The summed E-state index contributed by atoms with van der Waals surface area (Å²) < 4.78 is 1.80. The van der Waals surface area contributed by atoms with E-state index in [-0.39, 0.29) is 0 Å². The summed E-state index contributed by atoms with van der Waals surface area (Å²) in [6, 6.07) is 6.34. The molecule has 2 heterocycles. The fraction of sp³-hybridized carbons (Fsp3) is 0.438. The second kappa shape index (κ2) is 5.29. The van der Waals surface area contributed by atoms with Crippen molar-refractivity contribution in [2.45, 2.75) is 25.4 Å². The topological polar surface area (TPSA) is 41.3 Å². The van der Waals surface area contributed by atoms with Crippen LogP contribution in [0, 0.1) is 0 Å². The van der Waals surface area contributed by atoms with Crippen LogP contribution in [-0.4, -0.2) is 28.5 Å². The average Bonchev–Trinajstić information content (AvgIpc) is 3.02. The minimum atomic E-state index is -0.397. The lowest BCUT2D eigenvalue weighted by molar-refractivity contribution is 0.168. The molecule has 0 radical (unpaired) electrons. The SMILES string of the molecule is CN1CCc2cc(C(O)CCc3cnn(C)c3)ccc21. The zero-order chi connectivity index (χ0) is 14.1. The lowest BCUT2D eigenvalue weighted by Gasteiger charge is -2.14. The Morgan fingerprint density at radius 2 is 2.20 bits per heavy atom. The number of nitrogens with zero attached hydrogens (tertiary/aromatic N) is 3. The van der Waals surface area contributed by atoms with E-state index in [1.54, 1.807) is 4.68 Å². The Kier molecular flexibility index (Phi) is 3.49. The van der Waals surface area contributed by atoms with Gasteiger partial charge in [-0.15, -0.1) is 0 Å². The van der Waals surface area contributed by atoms with Crippen LogP contribution in [0.4, 0.5) is 5.69 Å². The molecular formula is C16H21N3O. The summed E-state index contributed by atoms with van der Waals surface area (Å²) in [6.07, 6.45) is 6.14. The molecular weight excluding hydrogens is 250 g/mol. The summed E-state index contributed by atoms with van der Waals surface area (Å²) in [6.45, 7) is 1.07. The number of aromatic nitrogens is 2. The highest BCUT2D eigenvalue weighted by molar-refractivity contribution is 5.58. The number of fused-ring (bicyclic) bond motifs is 1. The molecule has 4 heteroatoms. The maximum atomic E-state index is 10.3. The van der Waals surface area contributed by atoms with Crippen LogP contribution in [0.25, 0.3) is 0 Å². The van der Waals surface area contributed by atoms with Gasteiger partial charge < -0.3 is 10.0 Å². The van der Waals surface area contributed by atoms with Gasteiger partial charge >= 0.3 is 0 Å². The molecule has 4 nitrogen and oxygen atoms in total. The predicted octanol–water partition coefficient (Wildman–Crippen LogP) is 2.08. The summed E-state index contributed by atoms with van der Waals surface area (Å²) in [7, 11) is 4.03. The zero-order valence-corrected chi connectivity index (χ0v) is 12.1. The summed E-state index contributed by atoms with van der Waals surface area (Å²) in [5.41, 5.74) is 4.86. The van der Waals surface area contributed by atoms with E-state index in [9.17, 15) is 5.11 Å². The number of benzene rings is 1. The van der Waals surface area contributed by atoms with Crippen LogP contribution in [0.5, 0.6) is 0 Å². The van der Waals surface area contributed by atoms with E-state index in [0.29, 0.717) is 0 Å². The van der Waals surface area contributed by atoms with Crippen LogP contribution in [0.2, 0.25) is 0 Å². The molecule has 0 bridgehead atoms. The maximum absolute atomic E-state index is 10.3. The molecule has 1 unspecified atom stereocenters. The number of anilines is 1. The molecule has 1 N–H and O–H groups in total. The van der Waals surface area contributed by atoms with Crippen molar-refractivity contribution in [3.05, 3.63) is 47.3 Å². The molecule has 1 aromatic carbocycles. The molecule has 20 heavy (non-hydrogen) atoms. The average molecular weight is 271 g/mol. The van der Waals surface area contributed by atoms with Crippen LogP contribution >= 0.6 is 0 Å². The van der Waals surface area contributed by atoms with Crippen molar-refractivity contribution >= 4 is 5.69 Å². The van der Waals surface area contributed by atoms with E-state index in [4.69, 9.17) is 0 Å². The van der Waals surface area contributed by atoms with Gasteiger partial charge in [0.05, 0.1) is 12.3 Å². The second-order valence-corrected chi connectivity index (χ2v) is 5.64. The normalized spacial score (nSPS) is 15.4. The van der Waals surface area contributed by atoms with Gasteiger partial charge in [0.25, 0.3) is 0 Å². The first-order valence-electron chi connectivity index (χ1n) is 7.13. The highest BCUT2D eigenvalue weighted by Crippen LogP contribution is 2.30. The molecule has 0 saturated heterocycles. The Bertz CT molecular complexity index is 606. The molecule has 3 rings (SSSR count). The largest absolute Gasteiger partial charge is 0.388 e. The van der Waals surface area contributed by atoms with Gasteiger partial charge in [0.1, 0.15) is 0 Å². The van der Waals surface area contributed by atoms with E-state index >= 15 is 0 Å². The predicted molar refractivity (Wildman–Crippen MR) is 79.9 cm³/mol. The minimum absolute atomic E-state index is 0.397. The number of aliphatic hydroxyl groups excluding tert-OH is 1. The monoisotopic (exact) mass is 271 g/mol. The summed E-state index contributed by atoms with van der Waals surface area (Å²) in [5, 5.41) is 14.5. The molecule has 1 aliphatic rings. The Labute approximate surface area is 119 Å². The van der Waals surface area contributed by atoms with Crippen LogP contribution in [-0.2, 0) is 19.9 Å². The fourth-order valence-corrected chi connectivity index (χ4v) is 2.86. The molecule has 0 amide bonds. The standard InChI is InChI=1S/C16H21N3O/c1-18-8-7-13-9-14(4-5-15(13)18)16(20)6-3-12-10-17-19(2)11-12/h4-5,9-11,16,20H,3,6-8H2,1-2H3. The smallest absolute Gasteiger partial charge is 0.0793 e. The van der Waals surface area contributed by atoms with Gasteiger partial charge in [-0.05, 0) is 42.0 Å². The Balaban J connectivity index is 1.67. The number of aliphatic hydroxyl groups is 1. The van der Waals surface area contributed by atoms with Crippen molar-refractivity contribution in [2.75, 3.05) is 18.5 Å². The van der Waals surface area contributed by atoms with Crippen molar-refractivity contribution in [1.29, 1.82) is 0 Å². The first kappa shape index (κ1) is 13.2. The van der Waals surface area contributed by atoms with E-state index < -0.39 is 6.10 Å². The quantitative estimate of drug-likeness (QED) is 0.925. The molecule has 1 atom stereocenters. The van der Waals surface area contributed by atoms with Crippen molar-refractivity contribution in [1.82, 2.24) is 9.78 Å². The van der Waals surface area contributed by atoms with Crippen molar-refractivity contribution in [2.24, 2.45) is 7.05 Å². The van der Waals surface area contributed by atoms with E-state index in [2.05, 4.69) is 35.2 Å². The number of hydrogen-bond acceptors (Lipinski definition) is 3. The molecule has 106 valence electrons. The maximum Gasteiger partial charge on any atom is 0.0793 e. The van der Waals surface area contributed by atoms with Crippen molar-refractivity contribution in [3.8, 4) is 0 Å². The molecule has 0 aliphatic carbocycles. The van der Waals surface area contributed by atoms with Crippen molar-refractivity contribution < 1.29 is 5.11 Å². The van der Waals surface area contributed by atoms with Gasteiger partial charge in [-0.3, -0.25) is 4.68 Å². The summed E-state index contributed by atoms with van der Waals surface area (Å²) >= 11 is 0. The third-order valence-corrected chi connectivity index (χ3v) is 4.08. The number of aryl methyl sites for hydroxylation is 2. The lowest BCUT2D eigenvalue weighted by Crippen LogP contribution is -2.12. The van der Waals surface area contributed by atoms with Gasteiger partial charge in [-0.2, -0.15) is 5.10 Å². The van der Waals surface area contributed by atoms with E-state index in [0.717, 1.165) is 31.4 Å². The van der Waals surface area contributed by atoms with Gasteiger partial charge in [0, 0.05) is 32.5 Å². The number of likely N-dealkylation sites (N-methyl/N-ethyl adjacent to an activating group) is 1. The van der Waals surface area contributed by atoms with Gasteiger partial charge in [0.15, 0.2) is 0 Å². The van der Waals surface area contributed by atoms with Gasteiger partial charge in [-0.25, -0.2) is 0 Å². The van der Waals surface area contributed by atoms with Crippen LogP contribution < -0.4 is 4.90 Å². The molecule has 0 fully saturated rings. The number of rotatable bonds is 4. The Morgan fingerprint density at radius 3 is 2.95 bits per heavy atom. The van der Waals surface area contributed by atoms with Crippen molar-refractivity contribution in [3.63, 3.8) is 0 Å². The first-order chi connectivity index (χ1) is 9.63. The molecule has 2 aromatic rings. The minimum Gasteiger partial charge on any atom is -0.388 e. The molecule has 0 saturated carbocycles. The zero-order valence-electron chi connectivity index (χ0n) is 12.1. The van der Waals surface area contributed by atoms with Gasteiger partial charge in [0.2, 0.25) is 0 Å². The lowest BCUT2D eigenvalue weighted by atomic mass is 10.00. The first-order valence-corrected chi connectivity index (χ1v) is 7.13. The fourth-order valence-electron chi connectivity index (χ4n) is 2.86. The van der Waals surface area contributed by atoms with Crippen LogP contribution in [0.15, 0.2) is 30.6 Å². The highest BCUT2D eigenvalue weighted by Gasteiger charge is 2.17. The Hall–Kier alpha value is -1.81. The summed E-state index contributed by atoms with van der Waals surface area (Å²) in [5.74, 6) is 0. The van der Waals surface area contributed by atoms with Gasteiger partial charge in [-0.1, -0.05) is 12.1 Å².